The topological polar surface area (TPSA) is 87.0 Å². The van der Waals surface area contributed by atoms with E-state index in [2.05, 4.69) is 16.9 Å². The number of aliphatic hydroxyl groups excluding tert-OH is 3. The first-order valence-electron chi connectivity index (χ1n) is 8.40. The van der Waals surface area contributed by atoms with Crippen molar-refractivity contribution < 1.29 is 24.9 Å². The monoisotopic (exact) mass is 316 g/mol. The predicted molar refractivity (Wildman–Crippen MR) is 86.1 cm³/mol. The third kappa shape index (κ3) is 12.8. The molecule has 0 bridgehead atoms. The molecule has 0 aliphatic carbocycles. The molecule has 0 saturated heterocycles. The Morgan fingerprint density at radius 3 is 2.00 bits per heavy atom. The molecule has 22 heavy (non-hydrogen) atoms. The van der Waals surface area contributed by atoms with E-state index in [1.807, 2.05) is 0 Å². The van der Waals surface area contributed by atoms with Crippen LogP contribution in [0.3, 0.4) is 0 Å². The summed E-state index contributed by atoms with van der Waals surface area (Å²) in [5, 5.41) is 26.3. The normalized spacial score (nSPS) is 12.7. The van der Waals surface area contributed by atoms with Gasteiger partial charge in [0.2, 0.25) is 0 Å². The Morgan fingerprint density at radius 2 is 1.45 bits per heavy atom. The number of ether oxygens (including phenoxy) is 1. The molecular formula is C17H32O5. The summed E-state index contributed by atoms with van der Waals surface area (Å²) in [4.78, 5) is 11.3. The number of esters is 1. The summed E-state index contributed by atoms with van der Waals surface area (Å²) in [7, 11) is 0. The highest BCUT2D eigenvalue weighted by Crippen LogP contribution is 2.13. The number of carbonyl (C=O) groups excluding carboxylic acids is 1. The van der Waals surface area contributed by atoms with Gasteiger partial charge in [0, 0.05) is 6.61 Å². The van der Waals surface area contributed by atoms with Crippen molar-refractivity contribution in [2.45, 2.75) is 64.2 Å². The average Bonchev–Trinajstić information content (AvgIpc) is 2.52. The Morgan fingerprint density at radius 1 is 0.864 bits per heavy atom. The fraction of sp³-hybridized carbons (Fsp3) is 0.824. The van der Waals surface area contributed by atoms with Crippen molar-refractivity contribution in [3.63, 3.8) is 0 Å². The van der Waals surface area contributed by atoms with Gasteiger partial charge in [-0.15, -0.1) is 0 Å². The van der Waals surface area contributed by atoms with E-state index in [9.17, 15) is 4.79 Å². The van der Waals surface area contributed by atoms with Gasteiger partial charge in [-0.2, -0.15) is 0 Å². The zero-order valence-corrected chi connectivity index (χ0v) is 13.6. The second-order valence-electron chi connectivity index (χ2n) is 5.51. The van der Waals surface area contributed by atoms with Gasteiger partial charge in [0.25, 0.3) is 0 Å². The number of allylic oxidation sites excluding steroid dienone is 2. The standard InChI is InChI=1S/C17H32O5/c18-13-11-9-7-5-3-1-2-4-6-8-10-12-16(14-19)17(21)22-15-20/h1,3,16,18-20H,2,4-15H2. The van der Waals surface area contributed by atoms with Gasteiger partial charge >= 0.3 is 5.97 Å². The molecule has 0 aliphatic rings. The molecule has 0 heterocycles. The smallest absolute Gasteiger partial charge is 0.313 e. The lowest BCUT2D eigenvalue weighted by Crippen LogP contribution is -2.21. The van der Waals surface area contributed by atoms with Gasteiger partial charge in [-0.25, -0.2) is 0 Å². The van der Waals surface area contributed by atoms with Crippen LogP contribution in [0.2, 0.25) is 0 Å². The molecule has 0 saturated carbocycles. The van der Waals surface area contributed by atoms with Gasteiger partial charge in [-0.3, -0.25) is 4.79 Å². The summed E-state index contributed by atoms with van der Waals surface area (Å²) in [6, 6.07) is 0. The van der Waals surface area contributed by atoms with Crippen molar-refractivity contribution in [1.82, 2.24) is 0 Å². The minimum absolute atomic E-state index is 0.224. The summed E-state index contributed by atoms with van der Waals surface area (Å²) in [5.41, 5.74) is 0. The molecule has 1 unspecified atom stereocenters. The van der Waals surface area contributed by atoms with Crippen molar-refractivity contribution >= 4 is 5.97 Å². The molecule has 0 aromatic heterocycles. The van der Waals surface area contributed by atoms with E-state index in [1.165, 1.54) is 0 Å². The third-order valence-corrected chi connectivity index (χ3v) is 3.63. The quantitative estimate of drug-likeness (QED) is 0.187. The molecule has 0 amide bonds. The van der Waals surface area contributed by atoms with E-state index in [-0.39, 0.29) is 6.61 Å². The van der Waals surface area contributed by atoms with Gasteiger partial charge < -0.3 is 20.1 Å². The van der Waals surface area contributed by atoms with Crippen LogP contribution in [0.1, 0.15) is 64.2 Å². The lowest BCUT2D eigenvalue weighted by Gasteiger charge is -2.11. The second-order valence-corrected chi connectivity index (χ2v) is 5.51. The van der Waals surface area contributed by atoms with Gasteiger partial charge in [-0.05, 0) is 38.5 Å². The minimum atomic E-state index is -0.623. The summed E-state index contributed by atoms with van der Waals surface area (Å²) in [5.74, 6) is -1.03. The second kappa shape index (κ2) is 16.5. The first kappa shape index (κ1) is 21.1. The predicted octanol–water partition coefficient (Wildman–Crippen LogP) is 2.54. The van der Waals surface area contributed by atoms with Crippen LogP contribution in [-0.4, -0.2) is 41.3 Å². The van der Waals surface area contributed by atoms with Crippen LogP contribution in [-0.2, 0) is 9.53 Å². The fourth-order valence-electron chi connectivity index (χ4n) is 2.26. The third-order valence-electron chi connectivity index (χ3n) is 3.63. The number of hydrogen-bond acceptors (Lipinski definition) is 5. The molecular weight excluding hydrogens is 284 g/mol. The Bertz CT molecular complexity index is 278. The van der Waals surface area contributed by atoms with E-state index in [0.29, 0.717) is 13.0 Å². The van der Waals surface area contributed by atoms with Crippen molar-refractivity contribution in [1.29, 1.82) is 0 Å². The molecule has 130 valence electrons. The maximum Gasteiger partial charge on any atom is 0.313 e. The molecule has 1 atom stereocenters. The highest BCUT2D eigenvalue weighted by atomic mass is 16.6. The number of aliphatic hydroxyl groups is 3. The van der Waals surface area contributed by atoms with E-state index < -0.39 is 18.7 Å². The first-order chi connectivity index (χ1) is 10.8. The van der Waals surface area contributed by atoms with Crippen molar-refractivity contribution in [3.8, 4) is 0 Å². The Hall–Kier alpha value is -0.910. The molecule has 0 rings (SSSR count). The zero-order valence-electron chi connectivity index (χ0n) is 13.6. The van der Waals surface area contributed by atoms with E-state index in [1.54, 1.807) is 0 Å². The van der Waals surface area contributed by atoms with Gasteiger partial charge in [0.05, 0.1) is 12.5 Å². The first-order valence-corrected chi connectivity index (χ1v) is 8.40. The van der Waals surface area contributed by atoms with Crippen molar-refractivity contribution in [3.05, 3.63) is 12.2 Å². The van der Waals surface area contributed by atoms with Crippen LogP contribution in [0, 0.1) is 5.92 Å². The maximum atomic E-state index is 11.3. The van der Waals surface area contributed by atoms with Crippen LogP contribution < -0.4 is 0 Å². The molecule has 0 fully saturated rings. The molecule has 5 heteroatoms. The molecule has 5 nitrogen and oxygen atoms in total. The van der Waals surface area contributed by atoms with Gasteiger partial charge in [0.1, 0.15) is 0 Å². The Labute approximate surface area is 134 Å². The number of rotatable bonds is 15. The highest BCUT2D eigenvalue weighted by molar-refractivity contribution is 5.72. The van der Waals surface area contributed by atoms with Crippen LogP contribution in [0.25, 0.3) is 0 Å². The van der Waals surface area contributed by atoms with Crippen LogP contribution in [0.5, 0.6) is 0 Å². The largest absolute Gasteiger partial charge is 0.438 e. The van der Waals surface area contributed by atoms with Crippen molar-refractivity contribution in [2.24, 2.45) is 5.92 Å². The summed E-state index contributed by atoms with van der Waals surface area (Å²) in [6.07, 6.45) is 14.5. The lowest BCUT2D eigenvalue weighted by molar-refractivity contribution is -0.158. The number of carbonyl (C=O) groups is 1. The number of hydrogen-bond donors (Lipinski definition) is 3. The van der Waals surface area contributed by atoms with E-state index in [0.717, 1.165) is 57.8 Å². The highest BCUT2D eigenvalue weighted by Gasteiger charge is 2.18. The molecule has 0 radical (unpaired) electrons. The Balaban J connectivity index is 3.41. The molecule has 0 spiro atoms. The molecule has 3 N–H and O–H groups in total. The SMILES string of the molecule is O=C(OCO)C(CO)CCCCCCC=CCCCCCO. The van der Waals surface area contributed by atoms with E-state index in [4.69, 9.17) is 15.3 Å². The van der Waals surface area contributed by atoms with Crippen LogP contribution in [0.4, 0.5) is 0 Å². The summed E-state index contributed by atoms with van der Waals surface area (Å²) in [6.45, 7) is -0.557. The van der Waals surface area contributed by atoms with Crippen LogP contribution in [0.15, 0.2) is 12.2 Å². The van der Waals surface area contributed by atoms with Gasteiger partial charge in [-0.1, -0.05) is 37.8 Å². The molecule has 0 aromatic carbocycles. The van der Waals surface area contributed by atoms with E-state index >= 15 is 0 Å². The van der Waals surface area contributed by atoms with Gasteiger partial charge in [0.15, 0.2) is 6.79 Å². The lowest BCUT2D eigenvalue weighted by atomic mass is 10.0. The molecule has 0 aliphatic heterocycles. The minimum Gasteiger partial charge on any atom is -0.438 e. The van der Waals surface area contributed by atoms with Crippen LogP contribution >= 0.6 is 0 Å². The zero-order chi connectivity index (χ0) is 16.5. The Kier molecular flexibility index (Phi) is 15.8. The maximum absolute atomic E-state index is 11.3. The number of unbranched alkanes of at least 4 members (excludes halogenated alkanes) is 7. The molecule has 0 aromatic rings. The fourth-order valence-corrected chi connectivity index (χ4v) is 2.26. The summed E-state index contributed by atoms with van der Waals surface area (Å²) >= 11 is 0. The average molecular weight is 316 g/mol. The summed E-state index contributed by atoms with van der Waals surface area (Å²) < 4.78 is 4.49. The van der Waals surface area contributed by atoms with Crippen molar-refractivity contribution in [2.75, 3.05) is 20.0 Å².